The van der Waals surface area contributed by atoms with Gasteiger partial charge in [-0.25, -0.2) is 11.6 Å². The van der Waals surface area contributed by atoms with Crippen LogP contribution in [0.1, 0.15) is 31.2 Å². The zero-order chi connectivity index (χ0) is 18.2. The van der Waals surface area contributed by atoms with Gasteiger partial charge in [-0.2, -0.15) is 18.3 Å². The van der Waals surface area contributed by atoms with E-state index in [1.165, 1.54) is 12.3 Å². The van der Waals surface area contributed by atoms with Crippen LogP contribution in [0.25, 0.3) is 4.85 Å². The summed E-state index contributed by atoms with van der Waals surface area (Å²) in [7, 11) is 0. The third-order valence-corrected chi connectivity index (χ3v) is 5.04. The lowest BCUT2D eigenvalue weighted by atomic mass is 9.76. The molecule has 0 saturated carbocycles. The summed E-state index contributed by atoms with van der Waals surface area (Å²) in [4.78, 5) is 8.14. The fourth-order valence-corrected chi connectivity index (χ4v) is 3.82. The number of hydrogen-bond acceptors (Lipinski definition) is 2. The minimum Gasteiger partial charge on any atom is -0.306 e. The smallest absolute Gasteiger partial charge is 0.306 e. The minimum atomic E-state index is -4.44. The molecular weight excluding hydrogens is 353 g/mol. The summed E-state index contributed by atoms with van der Waals surface area (Å²) >= 11 is 6.23. The predicted molar refractivity (Wildman–Crippen MR) is 90.1 cm³/mol. The van der Waals surface area contributed by atoms with Crippen molar-refractivity contribution < 1.29 is 13.2 Å². The van der Waals surface area contributed by atoms with Crippen LogP contribution >= 0.6 is 11.6 Å². The van der Waals surface area contributed by atoms with E-state index >= 15 is 0 Å². The van der Waals surface area contributed by atoms with Gasteiger partial charge in [-0.3, -0.25) is 5.10 Å². The highest BCUT2D eigenvalue weighted by molar-refractivity contribution is 6.23. The van der Waals surface area contributed by atoms with Gasteiger partial charge in [0.05, 0.1) is 23.4 Å². The lowest BCUT2D eigenvalue weighted by Gasteiger charge is -2.32. The minimum absolute atomic E-state index is 0.388. The van der Waals surface area contributed by atoms with E-state index in [2.05, 4.69) is 20.0 Å². The number of aliphatic imine (C=N–C) groups is 1. The second-order valence-corrected chi connectivity index (χ2v) is 6.57. The molecule has 4 nitrogen and oxygen atoms in total. The van der Waals surface area contributed by atoms with E-state index in [0.717, 1.165) is 12.5 Å². The van der Waals surface area contributed by atoms with Crippen LogP contribution in [0.15, 0.2) is 35.0 Å². The third-order valence-electron chi connectivity index (χ3n) is 4.52. The number of rotatable bonds is 3. The van der Waals surface area contributed by atoms with Gasteiger partial charge in [0.2, 0.25) is 0 Å². The van der Waals surface area contributed by atoms with Crippen molar-refractivity contribution in [3.63, 3.8) is 0 Å². The molecule has 0 amide bonds. The molecule has 2 heterocycles. The Morgan fingerprint density at radius 3 is 2.80 bits per heavy atom. The molecule has 3 rings (SSSR count). The molecule has 25 heavy (non-hydrogen) atoms. The van der Waals surface area contributed by atoms with Crippen LogP contribution in [0.5, 0.6) is 0 Å². The summed E-state index contributed by atoms with van der Waals surface area (Å²) in [6.45, 7) is 9.56. The van der Waals surface area contributed by atoms with E-state index < -0.39 is 29.4 Å². The van der Waals surface area contributed by atoms with Gasteiger partial charge >= 0.3 is 6.18 Å². The van der Waals surface area contributed by atoms with Crippen molar-refractivity contribution >= 4 is 23.1 Å². The van der Waals surface area contributed by atoms with Gasteiger partial charge in [-0.1, -0.05) is 31.6 Å². The quantitative estimate of drug-likeness (QED) is 0.595. The van der Waals surface area contributed by atoms with E-state index in [4.69, 9.17) is 18.2 Å². The SMILES string of the molecule is [C-]#[N+]C1C(CCC)=Nc2[nH]ncc2C1C1=CC=CC(C(F)(F)F)C1Cl. The van der Waals surface area contributed by atoms with Gasteiger partial charge in [-0.05, 0) is 12.0 Å². The lowest BCUT2D eigenvalue weighted by Crippen LogP contribution is -2.38. The number of H-pyrrole nitrogens is 1. The van der Waals surface area contributed by atoms with Gasteiger partial charge in [0, 0.05) is 5.56 Å². The molecule has 1 N–H and O–H groups in total. The fraction of sp³-hybridized carbons (Fsp3) is 0.471. The highest BCUT2D eigenvalue weighted by atomic mass is 35.5. The average molecular weight is 369 g/mol. The zero-order valence-corrected chi connectivity index (χ0v) is 14.1. The molecule has 4 unspecified atom stereocenters. The molecule has 1 aromatic rings. The molecule has 2 aliphatic rings. The lowest BCUT2D eigenvalue weighted by molar-refractivity contribution is -0.160. The first kappa shape index (κ1) is 17.7. The van der Waals surface area contributed by atoms with Crippen molar-refractivity contribution in [1.82, 2.24) is 10.2 Å². The maximum absolute atomic E-state index is 13.3. The van der Waals surface area contributed by atoms with Gasteiger partial charge in [0.1, 0.15) is 5.71 Å². The van der Waals surface area contributed by atoms with Crippen LogP contribution < -0.4 is 0 Å². The van der Waals surface area contributed by atoms with Crippen LogP contribution in [-0.2, 0) is 0 Å². The second kappa shape index (κ2) is 6.68. The second-order valence-electron chi connectivity index (χ2n) is 6.10. The van der Waals surface area contributed by atoms with E-state index in [1.54, 1.807) is 6.08 Å². The largest absolute Gasteiger partial charge is 0.396 e. The number of nitrogens with one attached hydrogen (secondary N) is 1. The number of halogens is 4. The molecule has 0 aromatic carbocycles. The molecule has 132 valence electrons. The number of alkyl halides is 4. The molecule has 4 atom stereocenters. The first-order chi connectivity index (χ1) is 11.9. The molecule has 1 aliphatic heterocycles. The van der Waals surface area contributed by atoms with Gasteiger partial charge < -0.3 is 4.85 Å². The van der Waals surface area contributed by atoms with Crippen molar-refractivity contribution in [2.24, 2.45) is 10.9 Å². The predicted octanol–water partition coefficient (Wildman–Crippen LogP) is 4.95. The average Bonchev–Trinajstić information content (AvgIpc) is 3.01. The Kier molecular flexibility index (Phi) is 4.74. The summed E-state index contributed by atoms with van der Waals surface area (Å²) < 4.78 is 39.8. The molecule has 0 bridgehead atoms. The highest BCUT2D eigenvalue weighted by Crippen LogP contribution is 2.47. The maximum Gasteiger partial charge on any atom is 0.396 e. The summed E-state index contributed by atoms with van der Waals surface area (Å²) in [5.74, 6) is -1.86. The zero-order valence-electron chi connectivity index (χ0n) is 13.4. The maximum atomic E-state index is 13.3. The third kappa shape index (κ3) is 3.11. The number of aromatic amines is 1. The first-order valence-electron chi connectivity index (χ1n) is 7.94. The van der Waals surface area contributed by atoms with Crippen LogP contribution in [0.3, 0.4) is 0 Å². The Hall–Kier alpha value is -2.07. The highest BCUT2D eigenvalue weighted by Gasteiger charge is 2.49. The number of nitrogens with zero attached hydrogens (tertiary/aromatic N) is 3. The Morgan fingerprint density at radius 1 is 1.40 bits per heavy atom. The van der Waals surface area contributed by atoms with Crippen LogP contribution in [0, 0.1) is 12.5 Å². The monoisotopic (exact) mass is 368 g/mol. The van der Waals surface area contributed by atoms with Crippen LogP contribution in [0.2, 0.25) is 0 Å². The molecule has 0 spiro atoms. The van der Waals surface area contributed by atoms with Gasteiger partial charge in [0.15, 0.2) is 5.82 Å². The van der Waals surface area contributed by atoms with Crippen molar-refractivity contribution in [3.8, 4) is 0 Å². The van der Waals surface area contributed by atoms with E-state index in [9.17, 15) is 13.2 Å². The molecule has 1 aromatic heterocycles. The molecule has 0 fully saturated rings. The van der Waals surface area contributed by atoms with E-state index in [-0.39, 0.29) is 0 Å². The summed E-state index contributed by atoms with van der Waals surface area (Å²) in [5, 5.41) is 5.46. The van der Waals surface area contributed by atoms with Crippen molar-refractivity contribution in [2.75, 3.05) is 0 Å². The molecule has 0 radical (unpaired) electrons. The van der Waals surface area contributed by atoms with E-state index in [1.807, 2.05) is 6.92 Å². The van der Waals surface area contributed by atoms with Crippen LogP contribution in [-0.4, -0.2) is 33.5 Å². The summed E-state index contributed by atoms with van der Waals surface area (Å²) in [5.41, 5.74) is 1.66. The Bertz CT molecular complexity index is 785. The number of hydrogen-bond donors (Lipinski definition) is 1. The van der Waals surface area contributed by atoms with Gasteiger partial charge in [-0.15, -0.1) is 11.6 Å². The molecule has 1 aliphatic carbocycles. The fourth-order valence-electron chi connectivity index (χ4n) is 3.38. The van der Waals surface area contributed by atoms with Crippen molar-refractivity contribution in [2.45, 2.75) is 43.3 Å². The standard InChI is InChI=1S/C17H16ClF3N4/c1-3-5-12-15(22-2)13(10-8-23-25-16(10)24-12)9-6-4-7-11(14(9)18)17(19,20)21/h4,6-8,11,13-15H,3,5H2,1H3,(H,23,25). The molecule has 0 saturated heterocycles. The van der Waals surface area contributed by atoms with Crippen LogP contribution in [0.4, 0.5) is 19.0 Å². The number of aromatic nitrogens is 2. The topological polar surface area (TPSA) is 45.4 Å². The molecule has 8 heteroatoms. The normalized spacial score (nSPS) is 28.8. The van der Waals surface area contributed by atoms with Gasteiger partial charge in [0.25, 0.3) is 6.04 Å². The summed E-state index contributed by atoms with van der Waals surface area (Å²) in [6.07, 6.45) is 2.50. The number of allylic oxidation sites excluding steroid dienone is 3. The van der Waals surface area contributed by atoms with Crippen molar-refractivity contribution in [3.05, 3.63) is 47.0 Å². The Balaban J connectivity index is 2.06. The van der Waals surface area contributed by atoms with Crippen molar-refractivity contribution in [1.29, 1.82) is 0 Å². The summed E-state index contributed by atoms with van der Waals surface area (Å²) in [6, 6.07) is -0.669. The number of fused-ring (bicyclic) bond motifs is 1. The molecular formula is C17H16ClF3N4. The van der Waals surface area contributed by atoms with E-state index in [0.29, 0.717) is 29.1 Å². The first-order valence-corrected chi connectivity index (χ1v) is 8.38. The Labute approximate surface area is 148 Å². The Morgan fingerprint density at radius 2 is 2.16 bits per heavy atom.